The molecule has 0 spiro atoms. The van der Waals surface area contributed by atoms with E-state index in [2.05, 4.69) is 10.3 Å². The zero-order valence-corrected chi connectivity index (χ0v) is 17.5. The molecule has 0 saturated heterocycles. The van der Waals surface area contributed by atoms with Gasteiger partial charge in [0.2, 0.25) is 10.0 Å². The number of rotatable bonds is 5. The molecule has 0 bridgehead atoms. The van der Waals surface area contributed by atoms with E-state index in [4.69, 9.17) is 0 Å². The second-order valence-corrected chi connectivity index (χ2v) is 10.2. The van der Waals surface area contributed by atoms with Gasteiger partial charge in [0.25, 0.3) is 5.91 Å². The number of hydrogen-bond donors (Lipinski definition) is 1. The molecule has 8 heteroatoms. The molecular formula is C19H25N3O3S2. The van der Waals surface area contributed by atoms with Gasteiger partial charge in [0.05, 0.1) is 10.6 Å². The molecule has 1 N–H and O–H groups in total. The molecule has 0 aliphatic heterocycles. The number of thiazole rings is 1. The largest absolute Gasteiger partial charge is 0.298 e. The third kappa shape index (κ3) is 4.39. The lowest BCUT2D eigenvalue weighted by molar-refractivity contribution is 0.102. The summed E-state index contributed by atoms with van der Waals surface area (Å²) in [5, 5.41) is 3.27. The summed E-state index contributed by atoms with van der Waals surface area (Å²) in [6.45, 7) is 3.83. The lowest BCUT2D eigenvalue weighted by Crippen LogP contribution is -2.38. The van der Waals surface area contributed by atoms with E-state index >= 15 is 0 Å². The van der Waals surface area contributed by atoms with E-state index in [0.717, 1.165) is 42.7 Å². The van der Waals surface area contributed by atoms with Crippen molar-refractivity contribution in [3.8, 4) is 0 Å². The fraction of sp³-hybridized carbons (Fsp3) is 0.474. The van der Waals surface area contributed by atoms with Crippen LogP contribution < -0.4 is 5.32 Å². The predicted molar refractivity (Wildman–Crippen MR) is 108 cm³/mol. The molecule has 3 rings (SSSR count). The summed E-state index contributed by atoms with van der Waals surface area (Å²) in [4.78, 5) is 18.0. The van der Waals surface area contributed by atoms with Crippen LogP contribution in [0.4, 0.5) is 5.13 Å². The summed E-state index contributed by atoms with van der Waals surface area (Å²) in [5.74, 6) is -0.360. The molecule has 0 unspecified atom stereocenters. The number of benzene rings is 1. The highest BCUT2D eigenvalue weighted by Crippen LogP contribution is 2.27. The van der Waals surface area contributed by atoms with Crippen molar-refractivity contribution in [2.24, 2.45) is 0 Å². The quantitative estimate of drug-likeness (QED) is 0.813. The van der Waals surface area contributed by atoms with Crippen LogP contribution in [0.25, 0.3) is 0 Å². The minimum absolute atomic E-state index is 0.0301. The van der Waals surface area contributed by atoms with Gasteiger partial charge in [-0.2, -0.15) is 4.31 Å². The van der Waals surface area contributed by atoms with Gasteiger partial charge in [-0.3, -0.25) is 10.1 Å². The normalized spacial score (nSPS) is 15.9. The summed E-state index contributed by atoms with van der Waals surface area (Å²) in [6, 6.07) is 6.24. The molecular weight excluding hydrogens is 382 g/mol. The van der Waals surface area contributed by atoms with Crippen LogP contribution in [0.5, 0.6) is 0 Å². The van der Waals surface area contributed by atoms with Crippen LogP contribution in [0.3, 0.4) is 0 Å². The standard InChI is InChI=1S/C19H25N3O3S2/c1-13-14(2)26-19(20-13)21-18(23)15-8-7-11-17(12-15)27(24,25)22(3)16-9-5-4-6-10-16/h7-8,11-12,16H,4-6,9-10H2,1-3H3,(H,20,21,23). The Morgan fingerprint density at radius 3 is 2.56 bits per heavy atom. The maximum absolute atomic E-state index is 13.0. The maximum atomic E-state index is 13.0. The number of nitrogens with zero attached hydrogens (tertiary/aromatic N) is 2. The topological polar surface area (TPSA) is 79.4 Å². The van der Waals surface area contributed by atoms with Crippen LogP contribution in [0.15, 0.2) is 29.2 Å². The SMILES string of the molecule is Cc1nc(NC(=O)c2cccc(S(=O)(=O)N(C)C3CCCCC3)c2)sc1C. The van der Waals surface area contributed by atoms with Gasteiger partial charge in [-0.15, -0.1) is 11.3 Å². The van der Waals surface area contributed by atoms with Gasteiger partial charge in [0, 0.05) is 23.5 Å². The van der Waals surface area contributed by atoms with E-state index in [1.54, 1.807) is 25.2 Å². The Morgan fingerprint density at radius 1 is 1.22 bits per heavy atom. The van der Waals surface area contributed by atoms with Crippen LogP contribution in [0, 0.1) is 13.8 Å². The summed E-state index contributed by atoms with van der Waals surface area (Å²) >= 11 is 1.40. The van der Waals surface area contributed by atoms with Crippen molar-refractivity contribution in [1.29, 1.82) is 0 Å². The molecule has 1 aromatic heterocycles. The molecule has 1 heterocycles. The van der Waals surface area contributed by atoms with Crippen LogP contribution in [-0.4, -0.2) is 36.7 Å². The van der Waals surface area contributed by atoms with E-state index in [-0.39, 0.29) is 16.8 Å². The molecule has 1 aromatic carbocycles. The fourth-order valence-electron chi connectivity index (χ4n) is 3.30. The molecule has 0 atom stereocenters. The molecule has 1 saturated carbocycles. The Morgan fingerprint density at radius 2 is 1.93 bits per heavy atom. The summed E-state index contributed by atoms with van der Waals surface area (Å²) < 4.78 is 27.5. The molecule has 1 fully saturated rings. The van der Waals surface area contributed by atoms with Gasteiger partial charge in [0.15, 0.2) is 5.13 Å². The zero-order valence-electron chi connectivity index (χ0n) is 15.9. The molecule has 146 valence electrons. The number of hydrogen-bond acceptors (Lipinski definition) is 5. The number of anilines is 1. The summed E-state index contributed by atoms with van der Waals surface area (Å²) in [7, 11) is -1.99. The van der Waals surface area contributed by atoms with E-state index in [9.17, 15) is 13.2 Å². The lowest BCUT2D eigenvalue weighted by Gasteiger charge is -2.30. The first-order valence-electron chi connectivity index (χ1n) is 9.12. The lowest BCUT2D eigenvalue weighted by atomic mass is 9.96. The first-order valence-corrected chi connectivity index (χ1v) is 11.4. The minimum atomic E-state index is -3.63. The number of aromatic nitrogens is 1. The third-order valence-electron chi connectivity index (χ3n) is 5.11. The van der Waals surface area contributed by atoms with E-state index < -0.39 is 10.0 Å². The second kappa shape index (κ2) is 8.08. The van der Waals surface area contributed by atoms with Crippen molar-refractivity contribution in [3.05, 3.63) is 40.4 Å². The Kier molecular flexibility index (Phi) is 5.98. The van der Waals surface area contributed by atoms with Crippen molar-refractivity contribution in [3.63, 3.8) is 0 Å². The fourth-order valence-corrected chi connectivity index (χ4v) is 5.57. The second-order valence-electron chi connectivity index (χ2n) is 6.96. The smallest absolute Gasteiger partial charge is 0.257 e. The van der Waals surface area contributed by atoms with Crippen molar-refractivity contribution in [1.82, 2.24) is 9.29 Å². The van der Waals surface area contributed by atoms with Crippen LogP contribution in [0.2, 0.25) is 0 Å². The average molecular weight is 408 g/mol. The number of aryl methyl sites for hydroxylation is 2. The summed E-state index contributed by atoms with van der Waals surface area (Å²) in [6.07, 6.45) is 5.05. The number of amides is 1. The number of carbonyl (C=O) groups is 1. The molecule has 1 aliphatic rings. The highest BCUT2D eigenvalue weighted by molar-refractivity contribution is 7.89. The highest BCUT2D eigenvalue weighted by Gasteiger charge is 2.29. The van der Waals surface area contributed by atoms with Crippen molar-refractivity contribution in [2.45, 2.75) is 56.9 Å². The molecule has 1 amide bonds. The van der Waals surface area contributed by atoms with Crippen molar-refractivity contribution in [2.75, 3.05) is 12.4 Å². The van der Waals surface area contributed by atoms with Crippen LogP contribution >= 0.6 is 11.3 Å². The molecule has 27 heavy (non-hydrogen) atoms. The first kappa shape index (κ1) is 20.0. The Hall–Kier alpha value is -1.77. The van der Waals surface area contributed by atoms with Gasteiger partial charge >= 0.3 is 0 Å². The maximum Gasteiger partial charge on any atom is 0.257 e. The molecule has 6 nitrogen and oxygen atoms in total. The van der Waals surface area contributed by atoms with Gasteiger partial charge in [-0.05, 0) is 44.9 Å². The van der Waals surface area contributed by atoms with Gasteiger partial charge in [-0.25, -0.2) is 13.4 Å². The number of sulfonamides is 1. The van der Waals surface area contributed by atoms with E-state index in [1.165, 1.54) is 21.7 Å². The Labute approximate surface area is 164 Å². The zero-order chi connectivity index (χ0) is 19.6. The molecule has 0 radical (unpaired) electrons. The third-order valence-corrected chi connectivity index (χ3v) is 8.01. The van der Waals surface area contributed by atoms with E-state index in [0.29, 0.717) is 10.7 Å². The monoisotopic (exact) mass is 407 g/mol. The van der Waals surface area contributed by atoms with Crippen LogP contribution in [-0.2, 0) is 10.0 Å². The van der Waals surface area contributed by atoms with Crippen molar-refractivity contribution < 1.29 is 13.2 Å². The highest BCUT2D eigenvalue weighted by atomic mass is 32.2. The van der Waals surface area contributed by atoms with Crippen molar-refractivity contribution >= 4 is 32.4 Å². The Bertz CT molecular complexity index is 912. The van der Waals surface area contributed by atoms with Gasteiger partial charge in [0.1, 0.15) is 0 Å². The predicted octanol–water partition coefficient (Wildman–Crippen LogP) is 3.97. The van der Waals surface area contributed by atoms with Gasteiger partial charge < -0.3 is 0 Å². The minimum Gasteiger partial charge on any atom is -0.298 e. The van der Waals surface area contributed by atoms with Crippen LogP contribution in [0.1, 0.15) is 53.0 Å². The molecule has 1 aliphatic carbocycles. The van der Waals surface area contributed by atoms with E-state index in [1.807, 2.05) is 13.8 Å². The van der Waals surface area contributed by atoms with Gasteiger partial charge in [-0.1, -0.05) is 25.3 Å². The number of nitrogens with one attached hydrogen (secondary N) is 1. The average Bonchev–Trinajstić information content (AvgIpc) is 2.99. The Balaban J connectivity index is 1.80. The number of carbonyl (C=O) groups excluding carboxylic acids is 1. The summed E-state index contributed by atoms with van der Waals surface area (Å²) in [5.41, 5.74) is 1.18. The first-order chi connectivity index (χ1) is 12.8. The molecule has 2 aromatic rings.